The summed E-state index contributed by atoms with van der Waals surface area (Å²) in [5.41, 5.74) is 17.7. The van der Waals surface area contributed by atoms with Crippen molar-refractivity contribution in [3.63, 3.8) is 0 Å². The van der Waals surface area contributed by atoms with Crippen LogP contribution in [0.25, 0.3) is 105 Å². The van der Waals surface area contributed by atoms with E-state index in [0.29, 0.717) is 0 Å². The minimum atomic E-state index is 0.948. The highest BCUT2D eigenvalue weighted by atomic mass is 15.0. The Morgan fingerprint density at radius 3 is 1.53 bits per heavy atom. The second-order valence-corrected chi connectivity index (χ2v) is 13.9. The van der Waals surface area contributed by atoms with Crippen LogP contribution in [0, 0.1) is 0 Å². The van der Waals surface area contributed by atoms with Gasteiger partial charge in [-0.15, -0.1) is 0 Å². The molecule has 0 radical (unpaired) electrons. The van der Waals surface area contributed by atoms with Crippen LogP contribution in [0.5, 0.6) is 0 Å². The highest BCUT2D eigenvalue weighted by Gasteiger charge is 2.22. The predicted octanol–water partition coefficient (Wildman–Crippen LogP) is 13.6. The summed E-state index contributed by atoms with van der Waals surface area (Å²) in [6.07, 6.45) is 0. The molecule has 1 aliphatic rings. The Bertz CT molecular complexity index is 2960. The number of rotatable bonds is 5. The number of benzene rings is 8. The van der Waals surface area contributed by atoms with Gasteiger partial charge in [0.25, 0.3) is 0 Å². The van der Waals surface area contributed by atoms with Crippen LogP contribution in [0.1, 0.15) is 0 Å². The van der Waals surface area contributed by atoms with Gasteiger partial charge in [0.05, 0.1) is 22.4 Å². The maximum absolute atomic E-state index is 5.25. The van der Waals surface area contributed by atoms with Crippen LogP contribution in [0.2, 0.25) is 0 Å². The van der Waals surface area contributed by atoms with Gasteiger partial charge in [-0.1, -0.05) is 152 Å². The molecule has 0 unspecified atom stereocenters. The first kappa shape index (κ1) is 29.7. The van der Waals surface area contributed by atoms with E-state index in [1.807, 2.05) is 0 Å². The van der Waals surface area contributed by atoms with Gasteiger partial charge < -0.3 is 4.57 Å². The largest absolute Gasteiger partial charge is 0.309 e. The Balaban J connectivity index is 1.03. The Labute approximate surface area is 307 Å². The molecule has 0 bridgehead atoms. The summed E-state index contributed by atoms with van der Waals surface area (Å²) >= 11 is 0. The van der Waals surface area contributed by atoms with E-state index in [9.17, 15) is 0 Å². The Morgan fingerprint density at radius 2 is 0.811 bits per heavy atom. The minimum absolute atomic E-state index is 0.948. The summed E-state index contributed by atoms with van der Waals surface area (Å²) in [4.78, 5) is 5.25. The molecule has 0 saturated carbocycles. The van der Waals surface area contributed by atoms with Crippen molar-refractivity contribution in [3.05, 3.63) is 194 Å². The fourth-order valence-corrected chi connectivity index (χ4v) is 8.51. The van der Waals surface area contributed by atoms with Crippen molar-refractivity contribution in [1.82, 2.24) is 9.55 Å². The van der Waals surface area contributed by atoms with Crippen LogP contribution in [0.3, 0.4) is 0 Å². The van der Waals surface area contributed by atoms with Crippen LogP contribution >= 0.6 is 0 Å². The summed E-state index contributed by atoms with van der Waals surface area (Å²) < 4.78 is 2.36. The van der Waals surface area contributed by atoms with E-state index < -0.39 is 0 Å². The lowest BCUT2D eigenvalue weighted by Gasteiger charge is -2.14. The Hall–Kier alpha value is -7.03. The summed E-state index contributed by atoms with van der Waals surface area (Å²) in [7, 11) is 0. The molecule has 10 aromatic rings. The standard InChI is InChI=1S/C51H32N2/c1-2-12-33(13-3-1)47-31-37(32-48(52-47)34-24-26-38(27-25-34)53-49-22-8-6-18-42(49)43-19-7-9-23-50(43)53)35-14-10-15-36(30-35)39-28-29-46-41-17-5-4-16-40(41)45-21-11-20-44(39)51(45)46/h1-32H. The molecule has 1 aliphatic carbocycles. The van der Waals surface area contributed by atoms with Gasteiger partial charge in [0.2, 0.25) is 0 Å². The number of hydrogen-bond donors (Lipinski definition) is 0. The smallest absolute Gasteiger partial charge is 0.0715 e. The van der Waals surface area contributed by atoms with Gasteiger partial charge in [0.1, 0.15) is 0 Å². The van der Waals surface area contributed by atoms with E-state index in [4.69, 9.17) is 4.98 Å². The van der Waals surface area contributed by atoms with E-state index in [0.717, 1.165) is 39.3 Å². The van der Waals surface area contributed by atoms with E-state index in [1.54, 1.807) is 0 Å². The number of nitrogens with zero attached hydrogens (tertiary/aromatic N) is 2. The van der Waals surface area contributed by atoms with E-state index >= 15 is 0 Å². The lowest BCUT2D eigenvalue weighted by Crippen LogP contribution is -1.95. The maximum Gasteiger partial charge on any atom is 0.0715 e. The molecule has 0 fully saturated rings. The summed E-state index contributed by atoms with van der Waals surface area (Å²) in [6.45, 7) is 0. The third kappa shape index (κ3) is 4.70. The molecule has 246 valence electrons. The molecule has 11 rings (SSSR count). The number of hydrogen-bond acceptors (Lipinski definition) is 1. The second kappa shape index (κ2) is 11.8. The summed E-state index contributed by atoms with van der Waals surface area (Å²) in [6, 6.07) is 70.2. The molecule has 0 N–H and O–H groups in total. The van der Waals surface area contributed by atoms with Crippen LogP contribution in [-0.4, -0.2) is 9.55 Å². The zero-order valence-corrected chi connectivity index (χ0v) is 28.9. The Kier molecular flexibility index (Phi) is 6.59. The van der Waals surface area contributed by atoms with Crippen LogP contribution < -0.4 is 0 Å². The molecule has 0 atom stereocenters. The zero-order chi connectivity index (χ0) is 34.9. The highest BCUT2D eigenvalue weighted by molar-refractivity contribution is 6.18. The van der Waals surface area contributed by atoms with Gasteiger partial charge in [0, 0.05) is 27.6 Å². The topological polar surface area (TPSA) is 17.8 Å². The lowest BCUT2D eigenvalue weighted by molar-refractivity contribution is 1.18. The van der Waals surface area contributed by atoms with Crippen molar-refractivity contribution in [3.8, 4) is 72.7 Å². The molecule has 0 aliphatic heterocycles. The first-order valence-corrected chi connectivity index (χ1v) is 18.2. The SMILES string of the molecule is c1ccc(-c2cc(-c3cccc(-c4ccc5c6c(cccc46)-c4ccccc4-5)c3)cc(-c3ccc(-n4c5ccccc5c5ccccc54)cc3)n2)cc1. The first-order valence-electron chi connectivity index (χ1n) is 18.2. The minimum Gasteiger partial charge on any atom is -0.309 e. The van der Waals surface area contributed by atoms with Crippen molar-refractivity contribution in [2.24, 2.45) is 0 Å². The number of pyridine rings is 1. The highest BCUT2D eigenvalue weighted by Crippen LogP contribution is 2.49. The molecule has 0 amide bonds. The van der Waals surface area contributed by atoms with Crippen molar-refractivity contribution in [2.45, 2.75) is 0 Å². The average Bonchev–Trinajstić information content (AvgIpc) is 3.75. The third-order valence-electron chi connectivity index (χ3n) is 11.0. The van der Waals surface area contributed by atoms with E-state index in [-0.39, 0.29) is 0 Å². The van der Waals surface area contributed by atoms with Gasteiger partial charge in [-0.2, -0.15) is 0 Å². The van der Waals surface area contributed by atoms with E-state index in [1.165, 1.54) is 66.0 Å². The summed E-state index contributed by atoms with van der Waals surface area (Å²) in [5, 5.41) is 5.16. The normalized spacial score (nSPS) is 11.8. The van der Waals surface area contributed by atoms with Crippen LogP contribution in [0.4, 0.5) is 0 Å². The second-order valence-electron chi connectivity index (χ2n) is 13.9. The van der Waals surface area contributed by atoms with Crippen LogP contribution in [-0.2, 0) is 0 Å². The van der Waals surface area contributed by atoms with E-state index in [2.05, 4.69) is 199 Å². The lowest BCUT2D eigenvalue weighted by atomic mass is 9.92. The van der Waals surface area contributed by atoms with Gasteiger partial charge in [-0.05, 0) is 97.7 Å². The molecule has 2 nitrogen and oxygen atoms in total. The van der Waals surface area contributed by atoms with Gasteiger partial charge in [0.15, 0.2) is 0 Å². The van der Waals surface area contributed by atoms with Crippen LogP contribution in [0.15, 0.2) is 194 Å². The fraction of sp³-hybridized carbons (Fsp3) is 0. The number of para-hydroxylation sites is 2. The maximum atomic E-state index is 5.25. The molecule has 2 heterocycles. The molecule has 8 aromatic carbocycles. The monoisotopic (exact) mass is 672 g/mol. The third-order valence-corrected chi connectivity index (χ3v) is 11.0. The number of aromatic nitrogens is 2. The van der Waals surface area contributed by atoms with Gasteiger partial charge >= 0.3 is 0 Å². The quantitative estimate of drug-likeness (QED) is 0.178. The van der Waals surface area contributed by atoms with Gasteiger partial charge in [-0.25, -0.2) is 4.98 Å². The predicted molar refractivity (Wildman–Crippen MR) is 222 cm³/mol. The summed E-state index contributed by atoms with van der Waals surface area (Å²) in [5.74, 6) is 0. The van der Waals surface area contributed by atoms with Crippen molar-refractivity contribution < 1.29 is 0 Å². The molecule has 2 heteroatoms. The first-order chi connectivity index (χ1) is 26.3. The molecular formula is C51H32N2. The van der Waals surface area contributed by atoms with Crippen molar-refractivity contribution in [1.29, 1.82) is 0 Å². The number of fused-ring (bicyclic) bond motifs is 6. The Morgan fingerprint density at radius 1 is 0.302 bits per heavy atom. The molecule has 0 spiro atoms. The molecule has 0 saturated heterocycles. The van der Waals surface area contributed by atoms with Gasteiger partial charge in [-0.3, -0.25) is 0 Å². The molecule has 53 heavy (non-hydrogen) atoms. The molecular weight excluding hydrogens is 641 g/mol. The molecule has 2 aromatic heterocycles. The zero-order valence-electron chi connectivity index (χ0n) is 28.9. The fourth-order valence-electron chi connectivity index (χ4n) is 8.51. The van der Waals surface area contributed by atoms with Crippen molar-refractivity contribution >= 4 is 32.6 Å². The van der Waals surface area contributed by atoms with Crippen molar-refractivity contribution in [2.75, 3.05) is 0 Å². The average molecular weight is 673 g/mol.